The highest BCUT2D eigenvalue weighted by molar-refractivity contribution is 6.02. The average Bonchev–Trinajstić information content (AvgIpc) is 3.35. The number of carbonyl (C=O) groups excluding carboxylic acids is 2. The molecule has 0 bridgehead atoms. The third kappa shape index (κ3) is 2.38. The van der Waals surface area contributed by atoms with E-state index in [1.165, 1.54) is 0 Å². The molecule has 0 unspecified atom stereocenters. The second kappa shape index (κ2) is 5.90. The van der Waals surface area contributed by atoms with E-state index in [-0.39, 0.29) is 11.9 Å². The number of nitrogens with zero attached hydrogens (tertiary/aromatic N) is 3. The van der Waals surface area contributed by atoms with Gasteiger partial charge in [0, 0.05) is 45.0 Å². The molecule has 0 saturated carbocycles. The zero-order valence-corrected chi connectivity index (χ0v) is 16.7. The number of amides is 1. The van der Waals surface area contributed by atoms with Crippen LogP contribution in [0.2, 0.25) is 0 Å². The Bertz CT molecular complexity index is 1110. The molecule has 152 valence electrons. The molecular formula is C23H21N3O4. The number of esters is 1. The Hall–Kier alpha value is -3.22. The summed E-state index contributed by atoms with van der Waals surface area (Å²) in [6, 6.07) is 10.3. The second-order valence-corrected chi connectivity index (χ2v) is 8.70. The van der Waals surface area contributed by atoms with Gasteiger partial charge < -0.3 is 14.4 Å². The number of carbonyl (C=O) groups is 2. The first-order valence-electron chi connectivity index (χ1n) is 10.3. The van der Waals surface area contributed by atoms with Crippen molar-refractivity contribution >= 4 is 17.9 Å². The number of aryl methyl sites for hydroxylation is 1. The Labute approximate surface area is 173 Å². The maximum atomic E-state index is 12.8. The minimum absolute atomic E-state index is 0.205. The average molecular weight is 403 g/mol. The number of hydrogen-bond donors (Lipinski definition) is 0. The molecule has 2 aromatic rings. The fourth-order valence-corrected chi connectivity index (χ4v) is 5.14. The molecule has 2 spiro atoms. The van der Waals surface area contributed by atoms with Crippen LogP contribution in [0.5, 0.6) is 0 Å². The van der Waals surface area contributed by atoms with Crippen LogP contribution in [0.4, 0.5) is 0 Å². The van der Waals surface area contributed by atoms with Crippen molar-refractivity contribution in [1.82, 2.24) is 9.88 Å². The maximum Gasteiger partial charge on any atom is 0.341 e. The van der Waals surface area contributed by atoms with Gasteiger partial charge in [-0.2, -0.15) is 4.99 Å². The number of aromatic nitrogens is 1. The molecule has 1 fully saturated rings. The van der Waals surface area contributed by atoms with Crippen molar-refractivity contribution in [3.8, 4) is 0 Å². The largest absolute Gasteiger partial charge is 0.449 e. The van der Waals surface area contributed by atoms with Gasteiger partial charge in [0.2, 0.25) is 5.60 Å². The lowest BCUT2D eigenvalue weighted by atomic mass is 9.87. The molecule has 1 aromatic heterocycles. The highest BCUT2D eigenvalue weighted by Crippen LogP contribution is 2.44. The normalized spacial score (nSPS) is 22.7. The Balaban J connectivity index is 1.20. The molecule has 4 aliphatic rings. The molecule has 7 heteroatoms. The fourth-order valence-electron chi connectivity index (χ4n) is 5.14. The van der Waals surface area contributed by atoms with E-state index in [0.717, 1.165) is 22.4 Å². The Kier molecular flexibility index (Phi) is 3.47. The van der Waals surface area contributed by atoms with E-state index in [1.54, 1.807) is 6.20 Å². The van der Waals surface area contributed by atoms with E-state index in [9.17, 15) is 9.59 Å². The van der Waals surface area contributed by atoms with Crippen molar-refractivity contribution in [2.75, 3.05) is 13.1 Å². The van der Waals surface area contributed by atoms with Crippen LogP contribution in [0.1, 0.15) is 45.6 Å². The van der Waals surface area contributed by atoms with Gasteiger partial charge >= 0.3 is 5.97 Å². The number of likely N-dealkylation sites (tertiary alicyclic amines) is 1. The van der Waals surface area contributed by atoms with Crippen LogP contribution in [0, 0.1) is 6.92 Å². The number of fused-ring (bicyclic) bond motifs is 3. The Morgan fingerprint density at radius 1 is 1.00 bits per heavy atom. The number of ether oxygens (including phenoxy) is 2. The first-order chi connectivity index (χ1) is 14.5. The van der Waals surface area contributed by atoms with E-state index in [0.29, 0.717) is 50.4 Å². The van der Waals surface area contributed by atoms with Gasteiger partial charge in [0.1, 0.15) is 0 Å². The summed E-state index contributed by atoms with van der Waals surface area (Å²) in [6.07, 6.45) is 4.07. The van der Waals surface area contributed by atoms with E-state index in [2.05, 4.69) is 9.98 Å². The van der Waals surface area contributed by atoms with E-state index < -0.39 is 11.2 Å². The summed E-state index contributed by atoms with van der Waals surface area (Å²) in [4.78, 5) is 36.0. The van der Waals surface area contributed by atoms with E-state index in [4.69, 9.17) is 9.47 Å². The van der Waals surface area contributed by atoms with Gasteiger partial charge in [-0.05, 0) is 29.7 Å². The second-order valence-electron chi connectivity index (χ2n) is 8.70. The molecule has 4 heterocycles. The predicted octanol–water partition coefficient (Wildman–Crippen LogP) is 2.30. The lowest BCUT2D eigenvalue weighted by Crippen LogP contribution is -2.47. The Morgan fingerprint density at radius 2 is 1.70 bits per heavy atom. The summed E-state index contributed by atoms with van der Waals surface area (Å²) in [7, 11) is 0. The van der Waals surface area contributed by atoms with E-state index >= 15 is 0 Å². The molecule has 0 N–H and O–H groups in total. The number of piperidine rings is 1. The molecule has 1 aliphatic carbocycles. The lowest BCUT2D eigenvalue weighted by molar-refractivity contribution is -0.130. The summed E-state index contributed by atoms with van der Waals surface area (Å²) >= 11 is 0. The summed E-state index contributed by atoms with van der Waals surface area (Å²) < 4.78 is 12.0. The van der Waals surface area contributed by atoms with Crippen molar-refractivity contribution in [3.63, 3.8) is 0 Å². The van der Waals surface area contributed by atoms with Crippen LogP contribution in [0.3, 0.4) is 0 Å². The zero-order chi connectivity index (χ0) is 20.5. The van der Waals surface area contributed by atoms with E-state index in [1.807, 2.05) is 42.2 Å². The Morgan fingerprint density at radius 3 is 2.40 bits per heavy atom. The molecule has 6 rings (SSSR count). The van der Waals surface area contributed by atoms with Gasteiger partial charge in [-0.15, -0.1) is 0 Å². The first kappa shape index (κ1) is 17.6. The number of aliphatic imine (C=N–C) groups is 1. The van der Waals surface area contributed by atoms with Crippen molar-refractivity contribution in [2.24, 2.45) is 4.99 Å². The molecule has 30 heavy (non-hydrogen) atoms. The molecule has 0 radical (unpaired) electrons. The molecule has 1 saturated heterocycles. The molecule has 1 aromatic carbocycles. The maximum absolute atomic E-state index is 12.8. The zero-order valence-electron chi connectivity index (χ0n) is 16.7. The smallest absolute Gasteiger partial charge is 0.341 e. The van der Waals surface area contributed by atoms with Gasteiger partial charge in [-0.3, -0.25) is 9.78 Å². The SMILES string of the molecule is Cc1cnc2c(c1)C(=O)OC21CCN(C2=NC(=O)C3(Cc4ccccc4C3)O2)CC1. The molecule has 3 aliphatic heterocycles. The number of hydrogen-bond acceptors (Lipinski definition) is 6. The van der Waals surface area contributed by atoms with Gasteiger partial charge in [0.05, 0.1) is 11.3 Å². The molecule has 0 atom stereocenters. The van der Waals surface area contributed by atoms with Crippen molar-refractivity contribution in [3.05, 3.63) is 64.5 Å². The molecule has 7 nitrogen and oxygen atoms in total. The van der Waals surface area contributed by atoms with Crippen LogP contribution in [-0.4, -0.2) is 46.5 Å². The lowest BCUT2D eigenvalue weighted by Gasteiger charge is -2.38. The summed E-state index contributed by atoms with van der Waals surface area (Å²) in [5.41, 5.74) is 2.93. The summed E-state index contributed by atoms with van der Waals surface area (Å²) in [6.45, 7) is 3.08. The summed E-state index contributed by atoms with van der Waals surface area (Å²) in [5, 5.41) is 0. The monoisotopic (exact) mass is 403 g/mol. The third-order valence-electron chi connectivity index (χ3n) is 6.75. The number of benzene rings is 1. The quantitative estimate of drug-likeness (QED) is 0.628. The standard InChI is InChI=1S/C23H21N3O4/c1-14-10-17-18(24-13-14)22(29-19(17)27)6-8-26(9-7-22)21-25-20(28)23(30-21)11-15-4-2-3-5-16(15)12-23/h2-5,10,13H,6-9,11-12H2,1H3. The summed E-state index contributed by atoms with van der Waals surface area (Å²) in [5.74, 6) is -0.509. The van der Waals surface area contributed by atoms with Crippen molar-refractivity contribution < 1.29 is 19.1 Å². The number of amidine groups is 1. The van der Waals surface area contributed by atoms with Gasteiger partial charge in [-0.25, -0.2) is 4.79 Å². The number of pyridine rings is 1. The molecule has 1 amide bonds. The minimum Gasteiger partial charge on any atom is -0.449 e. The van der Waals surface area contributed by atoms with Gasteiger partial charge in [-0.1, -0.05) is 24.3 Å². The fraction of sp³-hybridized carbons (Fsp3) is 0.391. The van der Waals surface area contributed by atoms with Crippen LogP contribution in [0.25, 0.3) is 0 Å². The van der Waals surface area contributed by atoms with Crippen LogP contribution >= 0.6 is 0 Å². The highest BCUT2D eigenvalue weighted by atomic mass is 16.6. The third-order valence-corrected chi connectivity index (χ3v) is 6.75. The molecular weight excluding hydrogens is 382 g/mol. The van der Waals surface area contributed by atoms with Gasteiger partial charge in [0.15, 0.2) is 5.60 Å². The van der Waals surface area contributed by atoms with Crippen LogP contribution in [-0.2, 0) is 32.7 Å². The van der Waals surface area contributed by atoms with Crippen LogP contribution < -0.4 is 0 Å². The predicted molar refractivity (Wildman–Crippen MR) is 107 cm³/mol. The van der Waals surface area contributed by atoms with Crippen molar-refractivity contribution in [1.29, 1.82) is 0 Å². The topological polar surface area (TPSA) is 81.1 Å². The van der Waals surface area contributed by atoms with Crippen LogP contribution in [0.15, 0.2) is 41.5 Å². The van der Waals surface area contributed by atoms with Crippen molar-refractivity contribution in [2.45, 2.75) is 43.8 Å². The minimum atomic E-state index is -0.903. The first-order valence-corrected chi connectivity index (χ1v) is 10.3. The highest BCUT2D eigenvalue weighted by Gasteiger charge is 2.54. The van der Waals surface area contributed by atoms with Gasteiger partial charge in [0.25, 0.3) is 11.9 Å². The number of rotatable bonds is 0.